The quantitative estimate of drug-likeness (QED) is 0.471. The fraction of sp³-hybridized carbons (Fsp3) is 0.259. The SMILES string of the molecule is CC(C)(C)c1ccc(C2C3C(=O)N(c4ccc(Cl)cc4)C(=O)C3ON2c2ccccc2)cc1. The minimum absolute atomic E-state index is 0.0108. The zero-order chi connectivity index (χ0) is 23.3. The lowest BCUT2D eigenvalue weighted by atomic mass is 9.84. The maximum absolute atomic E-state index is 13.6. The van der Waals surface area contributed by atoms with Gasteiger partial charge in [0.2, 0.25) is 5.91 Å². The van der Waals surface area contributed by atoms with Crippen molar-refractivity contribution < 1.29 is 14.4 Å². The molecule has 0 saturated carbocycles. The molecule has 33 heavy (non-hydrogen) atoms. The molecular weight excluding hydrogens is 436 g/mol. The van der Waals surface area contributed by atoms with E-state index in [0.29, 0.717) is 10.7 Å². The normalized spacial score (nSPS) is 22.7. The Balaban J connectivity index is 1.57. The number of halogens is 1. The summed E-state index contributed by atoms with van der Waals surface area (Å²) >= 11 is 6.00. The van der Waals surface area contributed by atoms with Gasteiger partial charge < -0.3 is 0 Å². The lowest BCUT2D eigenvalue weighted by molar-refractivity contribution is -0.126. The van der Waals surface area contributed by atoms with Crippen molar-refractivity contribution >= 4 is 34.8 Å². The monoisotopic (exact) mass is 460 g/mol. The minimum Gasteiger partial charge on any atom is -0.273 e. The first kappa shape index (κ1) is 21.7. The molecule has 3 unspecified atom stereocenters. The van der Waals surface area contributed by atoms with Crippen LogP contribution in [0.4, 0.5) is 11.4 Å². The van der Waals surface area contributed by atoms with E-state index in [1.165, 1.54) is 10.5 Å². The number of carbonyl (C=O) groups is 2. The maximum atomic E-state index is 13.6. The number of amides is 2. The summed E-state index contributed by atoms with van der Waals surface area (Å²) in [5.74, 6) is -1.29. The lowest BCUT2D eigenvalue weighted by Crippen LogP contribution is -2.37. The topological polar surface area (TPSA) is 49.9 Å². The van der Waals surface area contributed by atoms with Crippen LogP contribution in [0.1, 0.15) is 37.9 Å². The second kappa shape index (κ2) is 8.01. The van der Waals surface area contributed by atoms with Crippen LogP contribution in [0.3, 0.4) is 0 Å². The summed E-state index contributed by atoms with van der Waals surface area (Å²) in [6, 6.07) is 24.1. The maximum Gasteiger partial charge on any atom is 0.266 e. The van der Waals surface area contributed by atoms with Gasteiger partial charge in [-0.1, -0.05) is 74.8 Å². The van der Waals surface area contributed by atoms with Gasteiger partial charge in [-0.2, -0.15) is 0 Å². The first-order chi connectivity index (χ1) is 15.8. The van der Waals surface area contributed by atoms with Crippen molar-refractivity contribution in [2.24, 2.45) is 5.92 Å². The number of para-hydroxylation sites is 1. The fourth-order valence-electron chi connectivity index (χ4n) is 4.58. The Bertz CT molecular complexity index is 1190. The number of hydroxylamine groups is 1. The molecule has 3 aromatic rings. The number of hydrogen-bond donors (Lipinski definition) is 0. The van der Waals surface area contributed by atoms with Gasteiger partial charge in [-0.15, -0.1) is 0 Å². The molecule has 0 aromatic heterocycles. The predicted octanol–water partition coefficient (Wildman–Crippen LogP) is 5.69. The number of anilines is 2. The van der Waals surface area contributed by atoms with Gasteiger partial charge in [0.15, 0.2) is 6.10 Å². The number of carbonyl (C=O) groups excluding carboxylic acids is 2. The first-order valence-electron chi connectivity index (χ1n) is 11.0. The first-order valence-corrected chi connectivity index (χ1v) is 11.4. The highest BCUT2D eigenvalue weighted by Crippen LogP contribution is 2.47. The van der Waals surface area contributed by atoms with Gasteiger partial charge in [0.05, 0.1) is 17.4 Å². The highest BCUT2D eigenvalue weighted by atomic mass is 35.5. The highest BCUT2D eigenvalue weighted by molar-refractivity contribution is 6.31. The van der Waals surface area contributed by atoms with Crippen LogP contribution in [-0.2, 0) is 19.8 Å². The Morgan fingerprint density at radius 2 is 1.42 bits per heavy atom. The van der Waals surface area contributed by atoms with Crippen molar-refractivity contribution in [1.29, 1.82) is 0 Å². The minimum atomic E-state index is -0.888. The third-order valence-electron chi connectivity index (χ3n) is 6.33. The molecule has 6 heteroatoms. The molecule has 2 amide bonds. The van der Waals surface area contributed by atoms with Gasteiger partial charge in [-0.05, 0) is 52.9 Å². The molecule has 3 aromatic carbocycles. The van der Waals surface area contributed by atoms with Crippen LogP contribution >= 0.6 is 11.6 Å². The summed E-state index contributed by atoms with van der Waals surface area (Å²) in [6.07, 6.45) is -0.888. The van der Waals surface area contributed by atoms with E-state index in [1.807, 2.05) is 42.5 Å². The molecule has 0 N–H and O–H groups in total. The molecule has 2 aliphatic heterocycles. The van der Waals surface area contributed by atoms with E-state index in [9.17, 15) is 9.59 Å². The van der Waals surface area contributed by atoms with E-state index in [4.69, 9.17) is 16.4 Å². The lowest BCUT2D eigenvalue weighted by Gasteiger charge is -2.29. The molecule has 5 nitrogen and oxygen atoms in total. The fourth-order valence-corrected chi connectivity index (χ4v) is 4.70. The third-order valence-corrected chi connectivity index (χ3v) is 6.58. The standard InChI is InChI=1S/C27H25ClN2O3/c1-27(2,3)18-11-9-17(10-12-18)23-22-24(33-30(23)21-7-5-4-6-8-21)26(32)29(25(22)31)20-15-13-19(28)14-16-20/h4-16,22-24H,1-3H3. The molecule has 0 spiro atoms. The van der Waals surface area contributed by atoms with E-state index >= 15 is 0 Å². The Labute approximate surface area is 198 Å². The Kier molecular flexibility index (Phi) is 5.26. The molecule has 0 aliphatic carbocycles. The van der Waals surface area contributed by atoms with E-state index in [-0.39, 0.29) is 17.2 Å². The Morgan fingerprint density at radius 1 is 0.788 bits per heavy atom. The van der Waals surface area contributed by atoms with Crippen molar-refractivity contribution in [3.05, 3.63) is 95.0 Å². The number of benzene rings is 3. The van der Waals surface area contributed by atoms with Crippen molar-refractivity contribution in [3.63, 3.8) is 0 Å². The summed E-state index contributed by atoms with van der Waals surface area (Å²) in [5, 5.41) is 2.26. The summed E-state index contributed by atoms with van der Waals surface area (Å²) in [5.41, 5.74) is 3.44. The Hall–Kier alpha value is -3.15. The number of imide groups is 1. The summed E-state index contributed by atoms with van der Waals surface area (Å²) in [4.78, 5) is 34.4. The van der Waals surface area contributed by atoms with Gasteiger partial charge >= 0.3 is 0 Å². The van der Waals surface area contributed by atoms with E-state index in [0.717, 1.165) is 11.3 Å². The van der Waals surface area contributed by atoms with Crippen molar-refractivity contribution in [2.45, 2.75) is 38.3 Å². The predicted molar refractivity (Wildman–Crippen MR) is 129 cm³/mol. The highest BCUT2D eigenvalue weighted by Gasteiger charge is 2.60. The molecule has 3 atom stereocenters. The average Bonchev–Trinajstić information content (AvgIpc) is 3.31. The molecule has 168 valence electrons. The second-order valence-corrected chi connectivity index (χ2v) is 9.95. The molecule has 0 bridgehead atoms. The largest absolute Gasteiger partial charge is 0.273 e. The number of hydrogen-bond acceptors (Lipinski definition) is 4. The number of fused-ring (bicyclic) bond motifs is 1. The summed E-state index contributed by atoms with van der Waals surface area (Å²) in [6.45, 7) is 6.49. The summed E-state index contributed by atoms with van der Waals surface area (Å²) in [7, 11) is 0. The van der Waals surface area contributed by atoms with Crippen LogP contribution in [0.2, 0.25) is 5.02 Å². The van der Waals surface area contributed by atoms with Crippen LogP contribution < -0.4 is 9.96 Å². The molecule has 5 rings (SSSR count). The van der Waals surface area contributed by atoms with Gasteiger partial charge in [0.1, 0.15) is 5.92 Å². The van der Waals surface area contributed by atoms with Crippen LogP contribution in [0.25, 0.3) is 0 Å². The van der Waals surface area contributed by atoms with Gasteiger partial charge in [-0.25, -0.2) is 9.96 Å². The van der Waals surface area contributed by atoms with Gasteiger partial charge in [0, 0.05) is 5.02 Å². The van der Waals surface area contributed by atoms with Crippen LogP contribution in [0, 0.1) is 5.92 Å². The van der Waals surface area contributed by atoms with Gasteiger partial charge in [-0.3, -0.25) is 14.4 Å². The molecule has 2 aliphatic rings. The molecule has 0 radical (unpaired) electrons. The van der Waals surface area contributed by atoms with E-state index in [2.05, 4.69) is 32.9 Å². The van der Waals surface area contributed by atoms with Crippen molar-refractivity contribution in [3.8, 4) is 0 Å². The number of rotatable bonds is 3. The molecule has 2 heterocycles. The summed E-state index contributed by atoms with van der Waals surface area (Å²) < 4.78 is 0. The zero-order valence-corrected chi connectivity index (χ0v) is 19.5. The van der Waals surface area contributed by atoms with E-state index < -0.39 is 18.1 Å². The molecular formula is C27H25ClN2O3. The van der Waals surface area contributed by atoms with Crippen LogP contribution in [-0.4, -0.2) is 17.9 Å². The van der Waals surface area contributed by atoms with Crippen molar-refractivity contribution in [1.82, 2.24) is 0 Å². The second-order valence-electron chi connectivity index (χ2n) is 9.52. The van der Waals surface area contributed by atoms with E-state index in [1.54, 1.807) is 29.3 Å². The third kappa shape index (κ3) is 3.71. The van der Waals surface area contributed by atoms with Crippen molar-refractivity contribution in [2.75, 3.05) is 9.96 Å². The van der Waals surface area contributed by atoms with Crippen LogP contribution in [0.15, 0.2) is 78.9 Å². The molecule has 2 saturated heterocycles. The molecule has 2 fully saturated rings. The smallest absolute Gasteiger partial charge is 0.266 e. The average molecular weight is 461 g/mol. The van der Waals surface area contributed by atoms with Gasteiger partial charge in [0.25, 0.3) is 5.91 Å². The van der Waals surface area contributed by atoms with Crippen LogP contribution in [0.5, 0.6) is 0 Å². The zero-order valence-electron chi connectivity index (χ0n) is 18.7. The Morgan fingerprint density at radius 3 is 2.03 bits per heavy atom. The number of nitrogens with zero attached hydrogens (tertiary/aromatic N) is 2.